The van der Waals surface area contributed by atoms with E-state index in [2.05, 4.69) is 10.3 Å². The highest BCUT2D eigenvalue weighted by atomic mass is 19.1. The van der Waals surface area contributed by atoms with Gasteiger partial charge in [0, 0.05) is 36.8 Å². The highest BCUT2D eigenvalue weighted by Gasteiger charge is 2.46. The van der Waals surface area contributed by atoms with Gasteiger partial charge in [0.2, 0.25) is 0 Å². The number of nitrogens with one attached hydrogen (secondary N) is 1. The van der Waals surface area contributed by atoms with Crippen molar-refractivity contribution >= 4 is 27.6 Å². The smallest absolute Gasteiger partial charge is 0.256 e. The summed E-state index contributed by atoms with van der Waals surface area (Å²) in [4.78, 5) is 17.8. The number of pyridine rings is 1. The summed E-state index contributed by atoms with van der Waals surface area (Å²) in [6.45, 7) is 1.00. The highest BCUT2D eigenvalue weighted by Crippen LogP contribution is 2.40. The Kier molecular flexibility index (Phi) is 6.19. The number of methoxy groups -OCH3 is 1. The van der Waals surface area contributed by atoms with E-state index in [1.165, 1.54) is 6.07 Å². The van der Waals surface area contributed by atoms with Gasteiger partial charge < -0.3 is 19.4 Å². The standard InChI is InChI=1S/C29H30FN3O3/c1-35-29-27(36-29)20-8-6-18(7-9-20)15-32-28(34)25-24(30)11-10-19-12-13-33(26(19)25)17-23-14-21-4-2-3-5-22(21)16-31-23/h2-5,10-14,16,18,20,27,29H,6-9,15,17H2,1H3,(H,32,34). The fraction of sp³-hybridized carbons (Fsp3) is 0.379. The van der Waals surface area contributed by atoms with E-state index < -0.39 is 5.82 Å². The van der Waals surface area contributed by atoms with Gasteiger partial charge in [0.1, 0.15) is 11.9 Å². The normalized spacial score (nSPS) is 23.7. The van der Waals surface area contributed by atoms with Crippen LogP contribution in [0.5, 0.6) is 0 Å². The molecule has 7 heteroatoms. The van der Waals surface area contributed by atoms with E-state index >= 15 is 4.39 Å². The number of carbonyl (C=O) groups is 1. The van der Waals surface area contributed by atoms with Gasteiger partial charge in [-0.2, -0.15) is 0 Å². The molecular formula is C29H30FN3O3. The minimum atomic E-state index is -0.508. The zero-order valence-electron chi connectivity index (χ0n) is 20.3. The number of nitrogens with zero attached hydrogens (tertiary/aromatic N) is 2. The molecule has 2 aromatic carbocycles. The average Bonchev–Trinajstić information content (AvgIpc) is 3.60. The van der Waals surface area contributed by atoms with Crippen molar-refractivity contribution in [2.75, 3.05) is 13.7 Å². The molecule has 1 saturated heterocycles. The predicted molar refractivity (Wildman–Crippen MR) is 136 cm³/mol. The molecule has 2 unspecified atom stereocenters. The van der Waals surface area contributed by atoms with Gasteiger partial charge in [-0.05, 0) is 67.2 Å². The van der Waals surface area contributed by atoms with Crippen molar-refractivity contribution in [3.63, 3.8) is 0 Å². The number of fused-ring (bicyclic) bond motifs is 2. The summed E-state index contributed by atoms with van der Waals surface area (Å²) >= 11 is 0. The van der Waals surface area contributed by atoms with Gasteiger partial charge in [-0.1, -0.05) is 24.3 Å². The number of aromatic nitrogens is 2. The minimum Gasteiger partial charge on any atom is -0.353 e. The fourth-order valence-corrected chi connectivity index (χ4v) is 5.69. The summed E-state index contributed by atoms with van der Waals surface area (Å²) in [5, 5.41) is 6.03. The van der Waals surface area contributed by atoms with Gasteiger partial charge >= 0.3 is 0 Å². The van der Waals surface area contributed by atoms with Crippen molar-refractivity contribution in [1.82, 2.24) is 14.9 Å². The SMILES string of the molecule is COC1OC1C1CCC(CNC(=O)c2c(F)ccc3ccn(Cc4cc5ccccc5cn4)c23)CC1. The Morgan fingerprint density at radius 1 is 1.11 bits per heavy atom. The van der Waals surface area contributed by atoms with E-state index in [0.717, 1.165) is 47.5 Å². The molecule has 1 saturated carbocycles. The first-order valence-corrected chi connectivity index (χ1v) is 12.7. The molecule has 2 fully saturated rings. The Morgan fingerprint density at radius 3 is 2.69 bits per heavy atom. The molecule has 0 spiro atoms. The summed E-state index contributed by atoms with van der Waals surface area (Å²) in [5.41, 5.74) is 1.55. The number of hydrogen-bond donors (Lipinski definition) is 1. The van der Waals surface area contributed by atoms with Crippen LogP contribution in [0.3, 0.4) is 0 Å². The van der Waals surface area contributed by atoms with Crippen LogP contribution >= 0.6 is 0 Å². The first-order chi connectivity index (χ1) is 17.6. The van der Waals surface area contributed by atoms with Gasteiger partial charge in [-0.25, -0.2) is 4.39 Å². The van der Waals surface area contributed by atoms with Crippen LogP contribution in [0.25, 0.3) is 21.7 Å². The van der Waals surface area contributed by atoms with E-state index in [0.29, 0.717) is 30.4 Å². The summed E-state index contributed by atoms with van der Waals surface area (Å²) in [5.74, 6) is 0.0455. The number of amides is 1. The van der Waals surface area contributed by atoms with Crippen LogP contribution in [-0.2, 0) is 16.0 Å². The molecule has 3 heterocycles. The van der Waals surface area contributed by atoms with Gasteiger partial charge in [0.05, 0.1) is 23.3 Å². The van der Waals surface area contributed by atoms with Crippen molar-refractivity contribution in [1.29, 1.82) is 0 Å². The molecule has 1 aliphatic heterocycles. The highest BCUT2D eigenvalue weighted by molar-refractivity contribution is 6.06. The van der Waals surface area contributed by atoms with Crippen molar-refractivity contribution in [2.24, 2.45) is 11.8 Å². The second-order valence-electron chi connectivity index (χ2n) is 10.0. The molecule has 0 radical (unpaired) electrons. The molecule has 1 N–H and O–H groups in total. The lowest BCUT2D eigenvalue weighted by Crippen LogP contribution is -2.33. The number of ether oxygens (including phenoxy) is 2. The lowest BCUT2D eigenvalue weighted by molar-refractivity contribution is 0.0935. The molecule has 6 nitrogen and oxygen atoms in total. The second kappa shape index (κ2) is 9.64. The lowest BCUT2D eigenvalue weighted by atomic mass is 9.80. The number of epoxide rings is 1. The molecule has 4 aromatic rings. The van der Waals surface area contributed by atoms with Crippen molar-refractivity contribution in [3.05, 3.63) is 78.0 Å². The van der Waals surface area contributed by atoms with Crippen molar-refractivity contribution in [3.8, 4) is 0 Å². The number of carbonyl (C=O) groups excluding carboxylic acids is 1. The maximum atomic E-state index is 15.0. The summed E-state index contributed by atoms with van der Waals surface area (Å²) < 4.78 is 27.8. The number of rotatable bonds is 7. The number of hydrogen-bond acceptors (Lipinski definition) is 4. The van der Waals surface area contributed by atoms with Crippen LogP contribution in [0.1, 0.15) is 41.7 Å². The summed E-state index contributed by atoms with van der Waals surface area (Å²) in [7, 11) is 1.68. The third-order valence-corrected chi connectivity index (χ3v) is 7.75. The monoisotopic (exact) mass is 487 g/mol. The first kappa shape index (κ1) is 23.1. The molecule has 0 bridgehead atoms. The Hall–Kier alpha value is -3.29. The Labute approximate surface area is 209 Å². The largest absolute Gasteiger partial charge is 0.353 e. The van der Waals surface area contributed by atoms with E-state index in [1.54, 1.807) is 13.2 Å². The van der Waals surface area contributed by atoms with Crippen LogP contribution in [0, 0.1) is 17.7 Å². The van der Waals surface area contributed by atoms with Crippen molar-refractivity contribution in [2.45, 2.75) is 44.6 Å². The van der Waals surface area contributed by atoms with Gasteiger partial charge in [-0.3, -0.25) is 9.78 Å². The first-order valence-electron chi connectivity index (χ1n) is 12.7. The topological polar surface area (TPSA) is 68.7 Å². The Morgan fingerprint density at radius 2 is 1.92 bits per heavy atom. The lowest BCUT2D eigenvalue weighted by Gasteiger charge is -2.27. The maximum absolute atomic E-state index is 15.0. The van der Waals surface area contributed by atoms with E-state index in [-0.39, 0.29) is 23.9 Å². The molecular weight excluding hydrogens is 457 g/mol. The van der Waals surface area contributed by atoms with E-state index in [1.807, 2.05) is 53.4 Å². The zero-order chi connectivity index (χ0) is 24.6. The molecule has 6 rings (SSSR count). The van der Waals surface area contributed by atoms with Crippen LogP contribution in [0.15, 0.2) is 60.9 Å². The second-order valence-corrected chi connectivity index (χ2v) is 10.0. The van der Waals surface area contributed by atoms with Crippen molar-refractivity contribution < 1.29 is 18.7 Å². The third-order valence-electron chi connectivity index (χ3n) is 7.75. The zero-order valence-corrected chi connectivity index (χ0v) is 20.3. The van der Waals surface area contributed by atoms with Crippen LogP contribution in [-0.4, -0.2) is 41.5 Å². The molecule has 2 atom stereocenters. The Balaban J connectivity index is 1.17. The molecule has 2 aromatic heterocycles. The summed E-state index contributed by atoms with van der Waals surface area (Å²) in [6, 6.07) is 15.1. The maximum Gasteiger partial charge on any atom is 0.256 e. The van der Waals surface area contributed by atoms with E-state index in [9.17, 15) is 4.79 Å². The molecule has 2 aliphatic rings. The average molecular weight is 488 g/mol. The van der Waals surface area contributed by atoms with Gasteiger partial charge in [0.25, 0.3) is 5.91 Å². The van der Waals surface area contributed by atoms with E-state index in [4.69, 9.17) is 9.47 Å². The van der Waals surface area contributed by atoms with Crippen LogP contribution < -0.4 is 5.32 Å². The number of halogens is 1. The quantitative estimate of drug-likeness (QED) is 0.360. The van der Waals surface area contributed by atoms with Gasteiger partial charge in [0.15, 0.2) is 6.29 Å². The molecule has 1 aliphatic carbocycles. The third kappa shape index (κ3) is 4.49. The van der Waals surface area contributed by atoms with Crippen LogP contribution in [0.4, 0.5) is 4.39 Å². The molecule has 186 valence electrons. The fourth-order valence-electron chi connectivity index (χ4n) is 5.69. The molecule has 1 amide bonds. The Bertz CT molecular complexity index is 1410. The summed E-state index contributed by atoms with van der Waals surface area (Å²) in [6.07, 6.45) is 8.11. The minimum absolute atomic E-state index is 0.0456. The van der Waals surface area contributed by atoms with Gasteiger partial charge in [-0.15, -0.1) is 0 Å². The predicted octanol–water partition coefficient (Wildman–Crippen LogP) is 5.28. The number of benzene rings is 2. The van der Waals surface area contributed by atoms with Crippen LogP contribution in [0.2, 0.25) is 0 Å². The molecule has 36 heavy (non-hydrogen) atoms.